The van der Waals surface area contributed by atoms with Crippen molar-refractivity contribution in [1.82, 2.24) is 8.61 Å². The minimum absolute atomic E-state index is 0.0303. The van der Waals surface area contributed by atoms with E-state index >= 15 is 0 Å². The van der Waals surface area contributed by atoms with E-state index in [-0.39, 0.29) is 25.9 Å². The fourth-order valence-electron chi connectivity index (χ4n) is 1.41. The van der Waals surface area contributed by atoms with Crippen molar-refractivity contribution in [2.45, 2.75) is 40.5 Å². The van der Waals surface area contributed by atoms with Crippen LogP contribution in [-0.4, -0.2) is 41.9 Å². The Morgan fingerprint density at radius 1 is 0.824 bits per heavy atom. The molecule has 0 aromatic heterocycles. The highest BCUT2D eigenvalue weighted by Crippen LogP contribution is 2.11. The lowest BCUT2D eigenvalue weighted by Gasteiger charge is -2.28. The molecule has 0 unspecified atom stereocenters. The van der Waals surface area contributed by atoms with E-state index in [0.717, 1.165) is 8.61 Å². The molecule has 6 nitrogen and oxygen atoms in total. The van der Waals surface area contributed by atoms with Gasteiger partial charge in [0, 0.05) is 25.9 Å². The number of rotatable bonds is 6. The van der Waals surface area contributed by atoms with E-state index in [4.69, 9.17) is 0 Å². The maximum absolute atomic E-state index is 12.1. The molecule has 0 N–H and O–H groups in total. The highest BCUT2D eigenvalue weighted by Gasteiger charge is 2.33. The van der Waals surface area contributed by atoms with Crippen LogP contribution >= 0.6 is 0 Å². The summed E-state index contributed by atoms with van der Waals surface area (Å²) < 4.78 is 25.7. The summed E-state index contributed by atoms with van der Waals surface area (Å²) in [5.74, 6) is -1.01. The van der Waals surface area contributed by atoms with Crippen LogP contribution in [0.1, 0.15) is 40.5 Å². The van der Waals surface area contributed by atoms with Crippen molar-refractivity contribution in [3.63, 3.8) is 0 Å². The Kier molecular flexibility index (Phi) is 6.15. The molecule has 0 saturated heterocycles. The van der Waals surface area contributed by atoms with Crippen LogP contribution in [-0.2, 0) is 19.8 Å². The molecule has 0 rings (SSSR count). The Morgan fingerprint density at radius 3 is 1.29 bits per heavy atom. The maximum Gasteiger partial charge on any atom is 0.330 e. The summed E-state index contributed by atoms with van der Waals surface area (Å²) in [4.78, 5) is 23.1. The quantitative estimate of drug-likeness (QED) is 0.709. The van der Waals surface area contributed by atoms with Crippen molar-refractivity contribution >= 4 is 22.0 Å². The summed E-state index contributed by atoms with van der Waals surface area (Å²) in [6.07, 6.45) is 0.176. The second-order valence-corrected chi connectivity index (χ2v) is 5.11. The van der Waals surface area contributed by atoms with E-state index in [1.807, 2.05) is 0 Å². The van der Waals surface area contributed by atoms with E-state index in [1.165, 1.54) is 0 Å². The summed E-state index contributed by atoms with van der Waals surface area (Å²) in [5.41, 5.74) is 0. The Balaban J connectivity index is 5.34. The number of hydrogen-bond donors (Lipinski definition) is 0. The topological polar surface area (TPSA) is 74.8 Å². The lowest BCUT2D eigenvalue weighted by Crippen LogP contribution is -2.48. The van der Waals surface area contributed by atoms with Gasteiger partial charge in [-0.1, -0.05) is 13.8 Å². The zero-order valence-corrected chi connectivity index (χ0v) is 11.6. The molecule has 0 bridgehead atoms. The van der Waals surface area contributed by atoms with Crippen LogP contribution in [0.25, 0.3) is 0 Å². The van der Waals surface area contributed by atoms with Gasteiger partial charge in [0.25, 0.3) is 0 Å². The molecule has 0 aliphatic carbocycles. The summed E-state index contributed by atoms with van der Waals surface area (Å²) in [7, 11) is -4.02. The first-order valence-corrected chi connectivity index (χ1v) is 7.12. The Labute approximate surface area is 103 Å². The molecule has 0 aromatic carbocycles. The lowest BCUT2D eigenvalue weighted by atomic mass is 10.4. The van der Waals surface area contributed by atoms with Gasteiger partial charge in [0.05, 0.1) is 0 Å². The van der Waals surface area contributed by atoms with Gasteiger partial charge in [-0.3, -0.25) is 9.59 Å². The van der Waals surface area contributed by atoms with Crippen molar-refractivity contribution < 1.29 is 18.0 Å². The zero-order valence-electron chi connectivity index (χ0n) is 10.8. The molecule has 0 saturated carbocycles. The average molecular weight is 264 g/mol. The summed E-state index contributed by atoms with van der Waals surface area (Å²) in [6.45, 7) is 6.35. The summed E-state index contributed by atoms with van der Waals surface area (Å²) >= 11 is 0. The molecular weight excluding hydrogens is 244 g/mol. The molecule has 100 valence electrons. The molecule has 0 spiro atoms. The monoisotopic (exact) mass is 264 g/mol. The first-order valence-electron chi connectivity index (χ1n) is 5.72. The normalized spacial score (nSPS) is 11.1. The molecule has 0 fully saturated rings. The van der Waals surface area contributed by atoms with Crippen LogP contribution < -0.4 is 0 Å². The fourth-order valence-corrected chi connectivity index (χ4v) is 3.07. The van der Waals surface area contributed by atoms with E-state index in [9.17, 15) is 18.0 Å². The van der Waals surface area contributed by atoms with Crippen molar-refractivity contribution in [1.29, 1.82) is 0 Å². The molecule has 0 aliphatic heterocycles. The molecule has 7 heteroatoms. The van der Waals surface area contributed by atoms with E-state index in [2.05, 4.69) is 0 Å². The highest BCUT2D eigenvalue weighted by molar-refractivity contribution is 7.87. The van der Waals surface area contributed by atoms with E-state index < -0.39 is 22.0 Å². The molecule has 17 heavy (non-hydrogen) atoms. The first-order chi connectivity index (χ1) is 7.86. The van der Waals surface area contributed by atoms with Crippen molar-refractivity contribution in [2.24, 2.45) is 0 Å². The number of amides is 2. The SMILES string of the molecule is CCC(=O)N(CC)S(=O)(=O)N(CC)C(=O)CC. The van der Waals surface area contributed by atoms with Gasteiger partial charge in [0.1, 0.15) is 0 Å². The number of nitrogens with zero attached hydrogens (tertiary/aromatic N) is 2. The van der Waals surface area contributed by atoms with Crippen LogP contribution in [0, 0.1) is 0 Å². The van der Waals surface area contributed by atoms with Crippen molar-refractivity contribution in [2.75, 3.05) is 13.1 Å². The van der Waals surface area contributed by atoms with Crippen molar-refractivity contribution in [3.8, 4) is 0 Å². The average Bonchev–Trinajstić information content (AvgIpc) is 2.29. The van der Waals surface area contributed by atoms with Gasteiger partial charge >= 0.3 is 10.2 Å². The van der Waals surface area contributed by atoms with Crippen LogP contribution in [0.2, 0.25) is 0 Å². The Morgan fingerprint density at radius 2 is 1.12 bits per heavy atom. The van der Waals surface area contributed by atoms with Gasteiger partial charge in [-0.05, 0) is 13.8 Å². The van der Waals surface area contributed by atoms with Gasteiger partial charge in [-0.25, -0.2) is 8.61 Å². The van der Waals surface area contributed by atoms with Gasteiger partial charge in [-0.15, -0.1) is 0 Å². The first kappa shape index (κ1) is 15.9. The minimum Gasteiger partial charge on any atom is -0.274 e. The van der Waals surface area contributed by atoms with Crippen LogP contribution in [0.4, 0.5) is 0 Å². The molecular formula is C10H20N2O4S. The number of carbonyl (C=O) groups excluding carboxylic acids is 2. The van der Waals surface area contributed by atoms with E-state index in [1.54, 1.807) is 27.7 Å². The molecule has 2 amide bonds. The molecule has 0 atom stereocenters. The highest BCUT2D eigenvalue weighted by atomic mass is 32.2. The standard InChI is InChI=1S/C10H20N2O4S/c1-5-9(13)11(7-3)17(15,16)12(8-4)10(14)6-2/h5-8H2,1-4H3. The third kappa shape index (κ3) is 3.42. The molecule has 0 aliphatic rings. The van der Waals surface area contributed by atoms with Gasteiger partial charge < -0.3 is 0 Å². The van der Waals surface area contributed by atoms with E-state index in [0.29, 0.717) is 0 Å². The van der Waals surface area contributed by atoms with Gasteiger partial charge in [0.15, 0.2) is 0 Å². The second kappa shape index (κ2) is 6.58. The largest absolute Gasteiger partial charge is 0.330 e. The smallest absolute Gasteiger partial charge is 0.274 e. The maximum atomic E-state index is 12.1. The summed E-state index contributed by atoms with van der Waals surface area (Å²) in [6, 6.07) is 0. The third-order valence-corrected chi connectivity index (χ3v) is 4.33. The second-order valence-electron chi connectivity index (χ2n) is 3.33. The predicted molar refractivity (Wildman–Crippen MR) is 64.3 cm³/mol. The Bertz CT molecular complexity index is 348. The van der Waals surface area contributed by atoms with Crippen LogP contribution in [0.5, 0.6) is 0 Å². The Hall–Kier alpha value is -1.11. The number of hydrogen-bond acceptors (Lipinski definition) is 4. The minimum atomic E-state index is -4.02. The zero-order chi connectivity index (χ0) is 13.6. The van der Waals surface area contributed by atoms with Gasteiger partial charge in [0.2, 0.25) is 11.8 Å². The lowest BCUT2D eigenvalue weighted by molar-refractivity contribution is -0.127. The van der Waals surface area contributed by atoms with Gasteiger partial charge in [-0.2, -0.15) is 8.42 Å². The molecule has 0 aromatic rings. The predicted octanol–water partition coefficient (Wildman–Crippen LogP) is 0.748. The third-order valence-electron chi connectivity index (χ3n) is 2.29. The number of carbonyl (C=O) groups is 2. The molecule has 0 heterocycles. The molecule has 0 radical (unpaired) electrons. The summed E-state index contributed by atoms with van der Waals surface area (Å²) in [5, 5.41) is 0. The van der Waals surface area contributed by atoms with Crippen LogP contribution in [0.3, 0.4) is 0 Å². The fraction of sp³-hybridized carbons (Fsp3) is 0.800. The van der Waals surface area contributed by atoms with Crippen LogP contribution in [0.15, 0.2) is 0 Å². The van der Waals surface area contributed by atoms with Crippen molar-refractivity contribution in [3.05, 3.63) is 0 Å².